The Bertz CT molecular complexity index is 964. The van der Waals surface area contributed by atoms with Gasteiger partial charge in [0.05, 0.1) is 18.1 Å². The third-order valence-electron chi connectivity index (χ3n) is 5.57. The van der Waals surface area contributed by atoms with E-state index in [9.17, 15) is 23.8 Å². The maximum absolute atomic E-state index is 13.3. The quantitative estimate of drug-likeness (QED) is 0.581. The molecule has 0 aliphatic carbocycles. The molecule has 0 saturated carbocycles. The first kappa shape index (κ1) is 20.0. The highest BCUT2D eigenvalue weighted by atomic mass is 19.1. The van der Waals surface area contributed by atoms with Gasteiger partial charge in [-0.2, -0.15) is 0 Å². The molecule has 1 aliphatic heterocycles. The lowest BCUT2D eigenvalue weighted by molar-refractivity contribution is -0.126. The Morgan fingerprint density at radius 3 is 2.03 bits per heavy atom. The van der Waals surface area contributed by atoms with Crippen molar-refractivity contribution in [1.82, 2.24) is 0 Å². The van der Waals surface area contributed by atoms with E-state index in [1.165, 1.54) is 36.4 Å². The van der Waals surface area contributed by atoms with Gasteiger partial charge in [0.2, 0.25) is 5.91 Å². The van der Waals surface area contributed by atoms with Gasteiger partial charge in [0, 0.05) is 5.69 Å². The molecule has 0 radical (unpaired) electrons. The number of phenolic OH excluding ortho intramolecular Hbond substituents is 1. The zero-order chi connectivity index (χ0) is 21.3. The smallest absolute Gasteiger partial charge is 0.236 e. The molecule has 3 aromatic carbocycles. The van der Waals surface area contributed by atoms with Crippen LogP contribution in [0.3, 0.4) is 0 Å². The van der Waals surface area contributed by atoms with Crippen LogP contribution in [-0.4, -0.2) is 22.2 Å². The van der Waals surface area contributed by atoms with Gasteiger partial charge in [-0.05, 0) is 72.5 Å². The summed E-state index contributed by atoms with van der Waals surface area (Å²) in [5, 5.41) is 20.1. The lowest BCUT2D eigenvalue weighted by Gasteiger charge is -2.48. The Morgan fingerprint density at radius 1 is 0.867 bits per heavy atom. The summed E-state index contributed by atoms with van der Waals surface area (Å²) in [6.07, 6.45) is 0.0696. The predicted molar refractivity (Wildman–Crippen MR) is 109 cm³/mol. The van der Waals surface area contributed by atoms with Crippen LogP contribution in [-0.2, 0) is 4.79 Å². The van der Waals surface area contributed by atoms with Crippen LogP contribution in [0.1, 0.15) is 36.0 Å². The number of hydrogen-bond donors (Lipinski definition) is 2. The van der Waals surface area contributed by atoms with Crippen LogP contribution in [0.15, 0.2) is 72.8 Å². The molecule has 1 amide bonds. The molecule has 1 saturated heterocycles. The van der Waals surface area contributed by atoms with E-state index in [-0.39, 0.29) is 29.3 Å². The first-order valence-electron chi connectivity index (χ1n) is 9.75. The highest BCUT2D eigenvalue weighted by molar-refractivity contribution is 6.06. The topological polar surface area (TPSA) is 60.8 Å². The second-order valence-electron chi connectivity index (χ2n) is 7.47. The van der Waals surface area contributed by atoms with Gasteiger partial charge < -0.3 is 15.1 Å². The van der Waals surface area contributed by atoms with Gasteiger partial charge >= 0.3 is 0 Å². The van der Waals surface area contributed by atoms with Crippen LogP contribution in [0.4, 0.5) is 14.5 Å². The molecular formula is C24H21F2NO3. The summed E-state index contributed by atoms with van der Waals surface area (Å²) in [7, 11) is 0. The Kier molecular flexibility index (Phi) is 5.50. The van der Waals surface area contributed by atoms with E-state index in [4.69, 9.17) is 0 Å². The number of aliphatic hydroxyl groups is 1. The van der Waals surface area contributed by atoms with Gasteiger partial charge in [-0.15, -0.1) is 0 Å². The molecule has 0 bridgehead atoms. The van der Waals surface area contributed by atoms with Crippen molar-refractivity contribution < 1.29 is 23.8 Å². The Labute approximate surface area is 173 Å². The molecule has 154 valence electrons. The second kappa shape index (κ2) is 8.24. The number of phenols is 1. The predicted octanol–water partition coefficient (Wildman–Crippen LogP) is 4.68. The number of aromatic hydroxyl groups is 1. The van der Waals surface area contributed by atoms with Crippen molar-refractivity contribution in [2.45, 2.75) is 30.9 Å². The van der Waals surface area contributed by atoms with E-state index in [2.05, 4.69) is 0 Å². The fourth-order valence-corrected chi connectivity index (χ4v) is 3.99. The van der Waals surface area contributed by atoms with Gasteiger partial charge in [-0.1, -0.05) is 24.3 Å². The van der Waals surface area contributed by atoms with E-state index < -0.39 is 12.0 Å². The first-order chi connectivity index (χ1) is 14.4. The monoisotopic (exact) mass is 409 g/mol. The maximum atomic E-state index is 13.3. The molecule has 30 heavy (non-hydrogen) atoms. The van der Waals surface area contributed by atoms with Crippen LogP contribution in [0.25, 0.3) is 0 Å². The molecule has 3 atom stereocenters. The van der Waals surface area contributed by atoms with E-state index in [0.29, 0.717) is 24.1 Å². The summed E-state index contributed by atoms with van der Waals surface area (Å²) in [5.41, 5.74) is 1.98. The number of nitrogens with zero attached hydrogens (tertiary/aromatic N) is 1. The molecule has 2 N–H and O–H groups in total. The molecular weight excluding hydrogens is 388 g/mol. The maximum Gasteiger partial charge on any atom is 0.236 e. The average Bonchev–Trinajstić information content (AvgIpc) is 2.74. The molecule has 6 heteroatoms. The van der Waals surface area contributed by atoms with E-state index in [1.807, 2.05) is 0 Å². The number of halogens is 2. The number of anilines is 1. The van der Waals surface area contributed by atoms with Crippen molar-refractivity contribution in [3.05, 3.63) is 95.6 Å². The van der Waals surface area contributed by atoms with Crippen LogP contribution in [0, 0.1) is 11.6 Å². The van der Waals surface area contributed by atoms with E-state index in [1.54, 1.807) is 41.3 Å². The summed E-state index contributed by atoms with van der Waals surface area (Å²) in [4.78, 5) is 14.6. The van der Waals surface area contributed by atoms with Gasteiger partial charge in [-0.25, -0.2) is 8.78 Å². The molecule has 4 rings (SSSR count). The third kappa shape index (κ3) is 3.91. The fourth-order valence-electron chi connectivity index (χ4n) is 3.99. The summed E-state index contributed by atoms with van der Waals surface area (Å²) in [6.45, 7) is 0. The van der Waals surface area contributed by atoms with Crippen LogP contribution in [0.5, 0.6) is 5.75 Å². The molecule has 0 unspecified atom stereocenters. The van der Waals surface area contributed by atoms with Crippen LogP contribution >= 0.6 is 0 Å². The summed E-state index contributed by atoms with van der Waals surface area (Å²) in [6, 6.07) is 17.7. The average molecular weight is 409 g/mol. The highest BCUT2D eigenvalue weighted by Gasteiger charge is 2.48. The molecule has 1 heterocycles. The number of β-lactam (4-membered cyclic amide) rings is 1. The zero-order valence-electron chi connectivity index (χ0n) is 16.1. The minimum atomic E-state index is -0.795. The Hall–Kier alpha value is -3.25. The van der Waals surface area contributed by atoms with Crippen molar-refractivity contribution in [3.8, 4) is 5.75 Å². The number of hydrogen-bond acceptors (Lipinski definition) is 3. The van der Waals surface area contributed by atoms with Crippen molar-refractivity contribution in [2.75, 3.05) is 4.90 Å². The Balaban J connectivity index is 1.56. The molecule has 0 spiro atoms. The van der Waals surface area contributed by atoms with Gasteiger partial charge in [-0.3, -0.25) is 4.79 Å². The van der Waals surface area contributed by atoms with Crippen molar-refractivity contribution in [2.24, 2.45) is 0 Å². The molecule has 4 nitrogen and oxygen atoms in total. The van der Waals surface area contributed by atoms with Gasteiger partial charge in [0.25, 0.3) is 0 Å². The van der Waals surface area contributed by atoms with Gasteiger partial charge in [0.1, 0.15) is 17.4 Å². The number of aliphatic hydroxyl groups excluding tert-OH is 1. The number of benzene rings is 3. The van der Waals surface area contributed by atoms with E-state index in [0.717, 1.165) is 5.56 Å². The van der Waals surface area contributed by atoms with Gasteiger partial charge in [0.15, 0.2) is 0 Å². The largest absolute Gasteiger partial charge is 0.508 e. The Morgan fingerprint density at radius 2 is 1.43 bits per heavy atom. The lowest BCUT2D eigenvalue weighted by Crippen LogP contribution is -2.59. The highest BCUT2D eigenvalue weighted by Crippen LogP contribution is 2.42. The molecule has 3 aromatic rings. The number of amides is 1. The van der Waals surface area contributed by atoms with Crippen LogP contribution < -0.4 is 4.90 Å². The van der Waals surface area contributed by atoms with Crippen molar-refractivity contribution in [1.29, 1.82) is 0 Å². The minimum absolute atomic E-state index is 0.115. The normalized spacial score (nSPS) is 19.4. The molecule has 0 aromatic heterocycles. The van der Waals surface area contributed by atoms with Crippen molar-refractivity contribution in [3.63, 3.8) is 0 Å². The van der Waals surface area contributed by atoms with Crippen molar-refractivity contribution >= 4 is 11.6 Å². The number of carbonyl (C=O) groups excluding carboxylic acids is 1. The van der Waals surface area contributed by atoms with E-state index >= 15 is 0 Å². The molecule has 1 aliphatic rings. The summed E-state index contributed by atoms with van der Waals surface area (Å²) in [5.74, 6) is -1.18. The number of carbonyl (C=O) groups is 1. The lowest BCUT2D eigenvalue weighted by atomic mass is 9.78. The second-order valence-corrected chi connectivity index (χ2v) is 7.47. The first-order valence-corrected chi connectivity index (χ1v) is 9.75. The SMILES string of the molecule is O=C1[C@H](c2ccc(O)cc2)[C@H](CC[C@@H](O)c2ccc(F)cc2)N1c1ccc(F)cc1. The summed E-state index contributed by atoms with van der Waals surface area (Å²) < 4.78 is 26.5. The fraction of sp³-hybridized carbons (Fsp3) is 0.208. The van der Waals surface area contributed by atoms with Crippen LogP contribution in [0.2, 0.25) is 0 Å². The molecule has 1 fully saturated rings. The minimum Gasteiger partial charge on any atom is -0.508 e. The standard InChI is InChI=1S/C24H21F2NO3/c25-17-5-1-15(2-6-17)22(29)14-13-21-23(16-3-11-20(28)12-4-16)24(30)27(21)19-9-7-18(26)8-10-19/h1-12,21-23,28-29H,13-14H2/t21-,22+,23+/m0/s1. The number of rotatable bonds is 6. The summed E-state index contributed by atoms with van der Waals surface area (Å²) >= 11 is 0. The zero-order valence-corrected chi connectivity index (χ0v) is 16.1. The third-order valence-corrected chi connectivity index (χ3v) is 5.57.